The Morgan fingerprint density at radius 2 is 2.00 bits per heavy atom. The summed E-state index contributed by atoms with van der Waals surface area (Å²) in [5.74, 6) is 1.92. The molecule has 1 heterocycles. The lowest BCUT2D eigenvalue weighted by molar-refractivity contribution is -0.0451. The summed E-state index contributed by atoms with van der Waals surface area (Å²) < 4.78 is 5.74. The highest BCUT2D eigenvalue weighted by atomic mass is 16.5. The molecule has 1 N–H and O–H groups in total. The van der Waals surface area contributed by atoms with Crippen LogP contribution in [0.5, 0.6) is 0 Å². The number of ether oxygens (including phenoxy) is 1. The van der Waals surface area contributed by atoms with Crippen LogP contribution in [0.2, 0.25) is 0 Å². The Hall–Kier alpha value is -0.0800. The quantitative estimate of drug-likeness (QED) is 0.720. The first-order valence-corrected chi connectivity index (χ1v) is 5.52. The predicted octanol–water partition coefficient (Wildman–Crippen LogP) is 1.80. The molecule has 0 bridgehead atoms. The lowest BCUT2D eigenvalue weighted by Gasteiger charge is -2.36. The Morgan fingerprint density at radius 1 is 1.38 bits per heavy atom. The molecular weight excluding hydrogens is 162 g/mol. The normalized spacial score (nSPS) is 37.4. The summed E-state index contributed by atoms with van der Waals surface area (Å²) in [6.45, 7) is 4.62. The van der Waals surface area contributed by atoms with Crippen molar-refractivity contribution >= 4 is 0 Å². The molecule has 13 heavy (non-hydrogen) atoms. The lowest BCUT2D eigenvalue weighted by atomic mass is 9.86. The van der Waals surface area contributed by atoms with E-state index in [0.29, 0.717) is 0 Å². The van der Waals surface area contributed by atoms with E-state index in [-0.39, 0.29) is 5.60 Å². The molecule has 2 rings (SSSR count). The molecule has 0 aromatic carbocycles. The Bertz CT molecular complexity index is 175. The summed E-state index contributed by atoms with van der Waals surface area (Å²) in [4.78, 5) is 0. The lowest BCUT2D eigenvalue weighted by Crippen LogP contribution is -2.43. The zero-order valence-electron chi connectivity index (χ0n) is 8.81. The maximum absolute atomic E-state index is 5.74. The predicted molar refractivity (Wildman–Crippen MR) is 53.7 cm³/mol. The van der Waals surface area contributed by atoms with E-state index < -0.39 is 0 Å². The fourth-order valence-corrected chi connectivity index (χ4v) is 2.54. The van der Waals surface area contributed by atoms with Crippen molar-refractivity contribution in [2.24, 2.45) is 11.8 Å². The summed E-state index contributed by atoms with van der Waals surface area (Å²) in [6.07, 6.45) is 5.13. The van der Waals surface area contributed by atoms with E-state index in [1.165, 1.54) is 25.7 Å². The highest BCUT2D eigenvalue weighted by molar-refractivity contribution is 4.94. The maximum atomic E-state index is 5.74. The van der Waals surface area contributed by atoms with Gasteiger partial charge in [-0.15, -0.1) is 0 Å². The number of methoxy groups -OCH3 is 1. The van der Waals surface area contributed by atoms with Crippen molar-refractivity contribution in [3.8, 4) is 0 Å². The van der Waals surface area contributed by atoms with Gasteiger partial charge in [0.15, 0.2) is 0 Å². The SMILES string of the molecule is COC1(CC2CC2C)CCNCC1. The summed E-state index contributed by atoms with van der Waals surface area (Å²) in [5.41, 5.74) is 0.223. The first-order valence-electron chi connectivity index (χ1n) is 5.52. The molecule has 1 aliphatic carbocycles. The fourth-order valence-electron chi connectivity index (χ4n) is 2.54. The van der Waals surface area contributed by atoms with Gasteiger partial charge in [-0.3, -0.25) is 0 Å². The van der Waals surface area contributed by atoms with Gasteiger partial charge in [-0.05, 0) is 50.6 Å². The minimum Gasteiger partial charge on any atom is -0.378 e. The van der Waals surface area contributed by atoms with E-state index >= 15 is 0 Å². The van der Waals surface area contributed by atoms with Crippen LogP contribution in [0.1, 0.15) is 32.6 Å². The van der Waals surface area contributed by atoms with Crippen molar-refractivity contribution in [3.63, 3.8) is 0 Å². The van der Waals surface area contributed by atoms with Gasteiger partial charge >= 0.3 is 0 Å². The van der Waals surface area contributed by atoms with Crippen LogP contribution in [0.25, 0.3) is 0 Å². The van der Waals surface area contributed by atoms with Gasteiger partial charge < -0.3 is 10.1 Å². The van der Waals surface area contributed by atoms with Gasteiger partial charge in [0.2, 0.25) is 0 Å². The number of hydrogen-bond donors (Lipinski definition) is 1. The number of nitrogens with one attached hydrogen (secondary N) is 1. The third-order valence-corrected chi connectivity index (χ3v) is 3.86. The van der Waals surface area contributed by atoms with Gasteiger partial charge in [-0.2, -0.15) is 0 Å². The van der Waals surface area contributed by atoms with Gasteiger partial charge in [-0.25, -0.2) is 0 Å². The van der Waals surface area contributed by atoms with Crippen molar-refractivity contribution in [1.29, 1.82) is 0 Å². The number of piperidine rings is 1. The Kier molecular flexibility index (Phi) is 2.61. The summed E-state index contributed by atoms with van der Waals surface area (Å²) in [6, 6.07) is 0. The molecule has 0 aromatic rings. The second kappa shape index (κ2) is 3.58. The van der Waals surface area contributed by atoms with Crippen LogP contribution in [0.3, 0.4) is 0 Å². The van der Waals surface area contributed by atoms with E-state index in [4.69, 9.17) is 4.74 Å². The molecule has 1 saturated carbocycles. The van der Waals surface area contributed by atoms with Crippen LogP contribution >= 0.6 is 0 Å². The zero-order chi connectivity index (χ0) is 9.31. The summed E-state index contributed by atoms with van der Waals surface area (Å²) in [7, 11) is 1.89. The van der Waals surface area contributed by atoms with E-state index in [9.17, 15) is 0 Å². The molecule has 0 radical (unpaired) electrons. The van der Waals surface area contributed by atoms with E-state index in [0.717, 1.165) is 24.9 Å². The average molecular weight is 183 g/mol. The smallest absolute Gasteiger partial charge is 0.0705 e. The molecule has 2 heteroatoms. The molecule has 0 aromatic heterocycles. The van der Waals surface area contributed by atoms with Crippen LogP contribution in [0, 0.1) is 11.8 Å². The van der Waals surface area contributed by atoms with Crippen LogP contribution < -0.4 is 5.32 Å². The maximum Gasteiger partial charge on any atom is 0.0705 e. The highest BCUT2D eigenvalue weighted by Crippen LogP contribution is 2.46. The Balaban J connectivity index is 1.89. The van der Waals surface area contributed by atoms with Gasteiger partial charge in [0.1, 0.15) is 0 Å². The molecule has 0 spiro atoms. The van der Waals surface area contributed by atoms with Crippen molar-refractivity contribution in [2.75, 3.05) is 20.2 Å². The number of rotatable bonds is 3. The molecule has 0 amide bonds. The van der Waals surface area contributed by atoms with Crippen molar-refractivity contribution in [1.82, 2.24) is 5.32 Å². The van der Waals surface area contributed by atoms with Crippen LogP contribution in [-0.4, -0.2) is 25.8 Å². The third-order valence-electron chi connectivity index (χ3n) is 3.86. The summed E-state index contributed by atoms with van der Waals surface area (Å²) in [5, 5.41) is 3.40. The van der Waals surface area contributed by atoms with Gasteiger partial charge in [0.05, 0.1) is 5.60 Å². The van der Waals surface area contributed by atoms with Gasteiger partial charge in [-0.1, -0.05) is 6.92 Å². The second-order valence-corrected chi connectivity index (χ2v) is 4.81. The van der Waals surface area contributed by atoms with Crippen molar-refractivity contribution in [3.05, 3.63) is 0 Å². The topological polar surface area (TPSA) is 21.3 Å². The zero-order valence-corrected chi connectivity index (χ0v) is 8.81. The van der Waals surface area contributed by atoms with E-state index in [2.05, 4.69) is 12.2 Å². The second-order valence-electron chi connectivity index (χ2n) is 4.81. The molecule has 1 saturated heterocycles. The monoisotopic (exact) mass is 183 g/mol. The molecule has 2 atom stereocenters. The average Bonchev–Trinajstić information content (AvgIpc) is 2.83. The Morgan fingerprint density at radius 3 is 2.46 bits per heavy atom. The highest BCUT2D eigenvalue weighted by Gasteiger charge is 2.42. The molecule has 2 nitrogen and oxygen atoms in total. The van der Waals surface area contributed by atoms with E-state index in [1.807, 2.05) is 7.11 Å². The Labute approximate surface area is 81.0 Å². The molecule has 2 fully saturated rings. The minimum atomic E-state index is 0.223. The van der Waals surface area contributed by atoms with Crippen LogP contribution in [0.15, 0.2) is 0 Å². The number of hydrogen-bond acceptors (Lipinski definition) is 2. The van der Waals surface area contributed by atoms with Crippen LogP contribution in [0.4, 0.5) is 0 Å². The van der Waals surface area contributed by atoms with Crippen molar-refractivity contribution in [2.45, 2.75) is 38.2 Å². The molecule has 76 valence electrons. The third kappa shape index (κ3) is 2.05. The van der Waals surface area contributed by atoms with E-state index in [1.54, 1.807) is 0 Å². The van der Waals surface area contributed by atoms with Gasteiger partial charge in [0.25, 0.3) is 0 Å². The molecule has 2 aliphatic rings. The first kappa shape index (κ1) is 9.47. The largest absolute Gasteiger partial charge is 0.378 e. The minimum absolute atomic E-state index is 0.223. The molecule has 1 aliphatic heterocycles. The van der Waals surface area contributed by atoms with Gasteiger partial charge in [0, 0.05) is 7.11 Å². The molecular formula is C11H21NO. The molecule has 2 unspecified atom stereocenters. The first-order chi connectivity index (χ1) is 6.26. The fraction of sp³-hybridized carbons (Fsp3) is 1.00. The standard InChI is InChI=1S/C11H21NO/c1-9-7-10(9)8-11(13-2)3-5-12-6-4-11/h9-10,12H,3-8H2,1-2H3. The van der Waals surface area contributed by atoms with Crippen molar-refractivity contribution < 1.29 is 4.74 Å². The summed E-state index contributed by atoms with van der Waals surface area (Å²) >= 11 is 0. The van der Waals surface area contributed by atoms with Crippen LogP contribution in [-0.2, 0) is 4.74 Å².